The topological polar surface area (TPSA) is 46.3 Å². The van der Waals surface area contributed by atoms with Crippen molar-refractivity contribution < 1.29 is 23.8 Å². The zero-order valence-corrected chi connectivity index (χ0v) is 18.4. The summed E-state index contributed by atoms with van der Waals surface area (Å²) in [6.07, 6.45) is 0.210. The Morgan fingerprint density at radius 1 is 0.758 bits per heavy atom. The Labute approximate surface area is 193 Å². The third-order valence-electron chi connectivity index (χ3n) is 6.93. The molecule has 0 aromatic heterocycles. The minimum Gasteiger partial charge on any atom is -0.316 e. The average Bonchev–Trinajstić information content (AvgIpc) is 3.15. The molecule has 0 aliphatic carbocycles. The van der Waals surface area contributed by atoms with Crippen LogP contribution in [0, 0.1) is 5.82 Å². The number of nitrogens with one attached hydrogen (secondary N) is 2. The van der Waals surface area contributed by atoms with E-state index in [0.29, 0.717) is 5.69 Å². The number of halogens is 1. The first-order valence-corrected chi connectivity index (χ1v) is 11.5. The molecule has 168 valence electrons. The summed E-state index contributed by atoms with van der Waals surface area (Å²) in [6.45, 7) is 3.48. The maximum Gasteiger partial charge on any atom is 0.292 e. The Kier molecular flexibility index (Phi) is 6.03. The predicted octanol–water partition coefficient (Wildman–Crippen LogP) is 1.03. The number of amides is 2. The van der Waals surface area contributed by atoms with Gasteiger partial charge in [-0.1, -0.05) is 60.7 Å². The monoisotopic (exact) mass is 445 g/mol. The number of hydrogen-bond donors (Lipinski definition) is 2. The van der Waals surface area contributed by atoms with Crippen LogP contribution in [0.1, 0.15) is 23.6 Å². The van der Waals surface area contributed by atoms with Gasteiger partial charge >= 0.3 is 0 Å². The Bertz CT molecular complexity index is 1070. The van der Waals surface area contributed by atoms with Gasteiger partial charge in [-0.2, -0.15) is 0 Å². The fraction of sp³-hybridized carbons (Fsp3) is 0.259. The molecule has 3 aromatic rings. The molecule has 0 bridgehead atoms. The number of anilines is 1. The van der Waals surface area contributed by atoms with Crippen molar-refractivity contribution in [2.24, 2.45) is 0 Å². The lowest BCUT2D eigenvalue weighted by molar-refractivity contribution is -1.03. The number of carbonyl (C=O) groups is 2. The van der Waals surface area contributed by atoms with Crippen LogP contribution in [0.5, 0.6) is 0 Å². The van der Waals surface area contributed by atoms with Crippen molar-refractivity contribution in [3.05, 3.63) is 102 Å². The highest BCUT2D eigenvalue weighted by Crippen LogP contribution is 2.22. The molecule has 0 unspecified atom stereocenters. The molecule has 2 N–H and O–H groups in total. The van der Waals surface area contributed by atoms with Gasteiger partial charge in [0.05, 0.1) is 12.1 Å². The fourth-order valence-corrected chi connectivity index (χ4v) is 5.30. The largest absolute Gasteiger partial charge is 0.316 e. The Hall–Kier alpha value is -3.35. The molecule has 2 amide bonds. The van der Waals surface area contributed by atoms with Crippen LogP contribution in [-0.4, -0.2) is 44.0 Å². The van der Waals surface area contributed by atoms with Crippen LogP contribution in [0.2, 0.25) is 0 Å². The van der Waals surface area contributed by atoms with Gasteiger partial charge in [0.25, 0.3) is 5.91 Å². The smallest absolute Gasteiger partial charge is 0.292 e. The minimum atomic E-state index is -0.384. The van der Waals surface area contributed by atoms with E-state index in [2.05, 4.69) is 48.5 Å². The molecule has 0 spiro atoms. The lowest BCUT2D eigenvalue weighted by Crippen LogP contribution is -3.30. The Balaban J connectivity index is 1.31. The van der Waals surface area contributed by atoms with Crippen LogP contribution < -0.4 is 14.7 Å². The Morgan fingerprint density at radius 3 is 1.85 bits per heavy atom. The van der Waals surface area contributed by atoms with Crippen molar-refractivity contribution in [1.82, 2.24) is 0 Å². The second-order valence-electron chi connectivity index (χ2n) is 8.87. The fourth-order valence-electron chi connectivity index (χ4n) is 5.30. The molecule has 2 aliphatic rings. The molecule has 2 saturated heterocycles. The molecule has 3 aromatic carbocycles. The number of carbonyl (C=O) groups excluding carboxylic acids is 2. The first kappa shape index (κ1) is 21.5. The number of hydrogen-bond acceptors (Lipinski definition) is 2. The zero-order chi connectivity index (χ0) is 22.8. The average molecular weight is 446 g/mol. The van der Waals surface area contributed by atoms with Crippen LogP contribution in [0.25, 0.3) is 0 Å². The van der Waals surface area contributed by atoms with E-state index in [1.807, 2.05) is 12.1 Å². The first-order chi connectivity index (χ1) is 16.1. The third-order valence-corrected chi connectivity index (χ3v) is 6.93. The highest BCUT2D eigenvalue weighted by Gasteiger charge is 2.47. The van der Waals surface area contributed by atoms with Gasteiger partial charge in [-0.3, -0.25) is 9.59 Å². The van der Waals surface area contributed by atoms with Gasteiger partial charge in [0.1, 0.15) is 38.0 Å². The molecule has 0 saturated carbocycles. The summed E-state index contributed by atoms with van der Waals surface area (Å²) in [5.41, 5.74) is 3.03. The Morgan fingerprint density at radius 2 is 1.30 bits per heavy atom. The van der Waals surface area contributed by atoms with Crippen LogP contribution >= 0.6 is 0 Å². The number of imide groups is 1. The molecule has 2 aliphatic heterocycles. The zero-order valence-electron chi connectivity index (χ0n) is 18.4. The summed E-state index contributed by atoms with van der Waals surface area (Å²) in [6, 6.07) is 26.6. The quantitative estimate of drug-likeness (QED) is 0.577. The van der Waals surface area contributed by atoms with E-state index in [1.54, 1.807) is 0 Å². The molecular formula is C27H28FN3O2+2. The van der Waals surface area contributed by atoms with E-state index in [0.717, 1.165) is 26.2 Å². The van der Waals surface area contributed by atoms with Crippen molar-refractivity contribution >= 4 is 17.5 Å². The summed E-state index contributed by atoms with van der Waals surface area (Å²) in [4.78, 5) is 29.7. The van der Waals surface area contributed by atoms with Crippen LogP contribution in [0.3, 0.4) is 0 Å². The highest BCUT2D eigenvalue weighted by atomic mass is 19.1. The summed E-state index contributed by atoms with van der Waals surface area (Å²) < 4.78 is 13.3. The third kappa shape index (κ3) is 4.32. The van der Waals surface area contributed by atoms with Crippen molar-refractivity contribution in [3.8, 4) is 0 Å². The van der Waals surface area contributed by atoms with Crippen molar-refractivity contribution in [3.63, 3.8) is 0 Å². The SMILES string of the molecule is O=C1C[C@@H]([NH+]2CC[NH+](C(c3ccccc3)c3ccccc3)CC2)C(=O)N1c1ccc(F)cc1. The maximum atomic E-state index is 13.3. The van der Waals surface area contributed by atoms with Crippen LogP contribution in [0.15, 0.2) is 84.9 Å². The second-order valence-corrected chi connectivity index (χ2v) is 8.87. The summed E-state index contributed by atoms with van der Waals surface area (Å²) in [5.74, 6) is -0.761. The molecule has 1 atom stereocenters. The molecule has 2 heterocycles. The van der Waals surface area contributed by atoms with E-state index >= 15 is 0 Å². The number of benzene rings is 3. The van der Waals surface area contributed by atoms with Gasteiger partial charge < -0.3 is 9.80 Å². The van der Waals surface area contributed by atoms with E-state index in [-0.39, 0.29) is 36.1 Å². The molecule has 6 heteroatoms. The standard InChI is InChI=1S/C27H26FN3O2/c28-22-11-13-23(14-12-22)31-25(32)19-24(27(31)33)29-15-17-30(18-16-29)26(20-7-3-1-4-8-20)21-9-5-2-6-10-21/h1-14,24,26H,15-19H2/p+2/t24-/m1/s1. The lowest BCUT2D eigenvalue weighted by atomic mass is 9.96. The van der Waals surface area contributed by atoms with Gasteiger partial charge in [-0.15, -0.1) is 0 Å². The van der Waals surface area contributed by atoms with Crippen molar-refractivity contribution in [1.29, 1.82) is 0 Å². The first-order valence-electron chi connectivity index (χ1n) is 11.5. The maximum absolute atomic E-state index is 13.3. The summed E-state index contributed by atoms with van der Waals surface area (Å²) >= 11 is 0. The molecule has 2 fully saturated rings. The summed E-state index contributed by atoms with van der Waals surface area (Å²) in [7, 11) is 0. The van der Waals surface area contributed by atoms with E-state index in [4.69, 9.17) is 0 Å². The van der Waals surface area contributed by atoms with Gasteiger partial charge in [0.15, 0.2) is 6.04 Å². The number of nitrogens with zero attached hydrogens (tertiary/aromatic N) is 1. The van der Waals surface area contributed by atoms with Gasteiger partial charge in [-0.25, -0.2) is 9.29 Å². The normalized spacial score (nSPS) is 23.3. The van der Waals surface area contributed by atoms with Gasteiger partial charge in [0.2, 0.25) is 5.91 Å². The molecule has 0 radical (unpaired) electrons. The van der Waals surface area contributed by atoms with Gasteiger partial charge in [-0.05, 0) is 24.3 Å². The van der Waals surface area contributed by atoms with Crippen molar-refractivity contribution in [2.45, 2.75) is 18.5 Å². The number of piperazine rings is 1. The van der Waals surface area contributed by atoms with Crippen molar-refractivity contribution in [2.75, 3.05) is 31.1 Å². The lowest BCUT2D eigenvalue weighted by Gasteiger charge is -2.36. The predicted molar refractivity (Wildman–Crippen MR) is 123 cm³/mol. The summed E-state index contributed by atoms with van der Waals surface area (Å²) in [5, 5.41) is 0. The van der Waals surface area contributed by atoms with Crippen LogP contribution in [0.4, 0.5) is 10.1 Å². The molecular weight excluding hydrogens is 417 g/mol. The number of quaternary nitrogens is 2. The number of rotatable bonds is 5. The molecule has 5 nitrogen and oxygen atoms in total. The van der Waals surface area contributed by atoms with Crippen LogP contribution in [-0.2, 0) is 9.59 Å². The van der Waals surface area contributed by atoms with E-state index in [9.17, 15) is 14.0 Å². The molecule has 33 heavy (non-hydrogen) atoms. The molecule has 5 rings (SSSR count). The second kappa shape index (κ2) is 9.25. The minimum absolute atomic E-state index is 0.173. The van der Waals surface area contributed by atoms with Gasteiger partial charge in [0, 0.05) is 11.1 Å². The highest BCUT2D eigenvalue weighted by molar-refractivity contribution is 6.21. The van der Waals surface area contributed by atoms with E-state index in [1.165, 1.54) is 50.1 Å². The van der Waals surface area contributed by atoms with E-state index < -0.39 is 0 Å².